The smallest absolute Gasteiger partial charge is 0.292 e. The van der Waals surface area contributed by atoms with Gasteiger partial charge < -0.3 is 15.7 Å². The molecule has 108 valence electrons. The van der Waals surface area contributed by atoms with Crippen molar-refractivity contribution in [2.75, 3.05) is 23.8 Å². The molecule has 7 nitrogen and oxygen atoms in total. The lowest BCUT2D eigenvalue weighted by Gasteiger charge is -2.22. The van der Waals surface area contributed by atoms with Crippen molar-refractivity contribution in [3.05, 3.63) is 27.8 Å². The minimum absolute atomic E-state index is 0.0323. The maximum atomic E-state index is 11.3. The Balaban J connectivity index is 2.30. The monoisotopic (exact) mass is 279 g/mol. The van der Waals surface area contributed by atoms with Gasteiger partial charge in [-0.25, -0.2) is 0 Å². The summed E-state index contributed by atoms with van der Waals surface area (Å²) in [5, 5.41) is 26.0. The number of nitro groups is 1. The third kappa shape index (κ3) is 2.88. The highest BCUT2D eigenvalue weighted by Crippen LogP contribution is 2.35. The van der Waals surface area contributed by atoms with Gasteiger partial charge in [-0.15, -0.1) is 0 Å². The van der Waals surface area contributed by atoms with Gasteiger partial charge >= 0.3 is 0 Å². The Kier molecular flexibility index (Phi) is 3.63. The highest BCUT2D eigenvalue weighted by atomic mass is 16.6. The van der Waals surface area contributed by atoms with Crippen LogP contribution >= 0.6 is 0 Å². The lowest BCUT2D eigenvalue weighted by molar-refractivity contribution is -0.384. The Morgan fingerprint density at radius 1 is 1.50 bits per heavy atom. The first-order chi connectivity index (χ1) is 9.32. The van der Waals surface area contributed by atoms with E-state index in [1.807, 2.05) is 13.8 Å². The number of nitro benzene ring substituents is 1. The average Bonchev–Trinajstić information content (AvgIpc) is 2.74. The molecule has 0 radical (unpaired) electrons. The standard InChI is InChI=1S/C13H17N3O4/c1-13(2,7-17)6-14-10-5-9-8(4-12(18)15-9)3-11(10)16(19)20/h3,5,14,17H,4,6-7H2,1-2H3,(H,15,18). The number of aliphatic hydroxyl groups is 1. The second-order valence-corrected chi connectivity index (χ2v) is 5.68. The Morgan fingerprint density at radius 3 is 2.80 bits per heavy atom. The van der Waals surface area contributed by atoms with Crippen molar-refractivity contribution in [1.29, 1.82) is 0 Å². The fourth-order valence-corrected chi connectivity index (χ4v) is 1.94. The molecule has 1 amide bonds. The number of nitrogens with one attached hydrogen (secondary N) is 2. The van der Waals surface area contributed by atoms with Crippen LogP contribution in [0.5, 0.6) is 0 Å². The van der Waals surface area contributed by atoms with Gasteiger partial charge in [0.2, 0.25) is 5.91 Å². The summed E-state index contributed by atoms with van der Waals surface area (Å²) >= 11 is 0. The highest BCUT2D eigenvalue weighted by Gasteiger charge is 2.25. The summed E-state index contributed by atoms with van der Waals surface area (Å²) in [4.78, 5) is 22.0. The largest absolute Gasteiger partial charge is 0.396 e. The molecule has 0 bridgehead atoms. The zero-order valence-corrected chi connectivity index (χ0v) is 11.4. The van der Waals surface area contributed by atoms with E-state index in [0.717, 1.165) is 0 Å². The van der Waals surface area contributed by atoms with Crippen molar-refractivity contribution in [1.82, 2.24) is 0 Å². The number of carbonyl (C=O) groups is 1. The maximum Gasteiger partial charge on any atom is 0.292 e. The molecule has 3 N–H and O–H groups in total. The molecule has 1 aromatic rings. The number of benzene rings is 1. The van der Waals surface area contributed by atoms with Gasteiger partial charge in [-0.1, -0.05) is 13.8 Å². The molecule has 1 heterocycles. The molecular weight excluding hydrogens is 262 g/mol. The quantitative estimate of drug-likeness (QED) is 0.560. The average molecular weight is 279 g/mol. The summed E-state index contributed by atoms with van der Waals surface area (Å²) in [7, 11) is 0. The zero-order chi connectivity index (χ0) is 14.9. The number of fused-ring (bicyclic) bond motifs is 1. The second-order valence-electron chi connectivity index (χ2n) is 5.68. The van der Waals surface area contributed by atoms with Crippen LogP contribution in [0.2, 0.25) is 0 Å². The number of amides is 1. The predicted molar refractivity (Wildman–Crippen MR) is 74.8 cm³/mol. The molecule has 0 spiro atoms. The molecule has 0 saturated heterocycles. The number of carbonyl (C=O) groups excluding carboxylic acids is 1. The van der Waals surface area contributed by atoms with E-state index in [2.05, 4.69) is 10.6 Å². The van der Waals surface area contributed by atoms with E-state index in [-0.39, 0.29) is 24.6 Å². The highest BCUT2D eigenvalue weighted by molar-refractivity contribution is 6.00. The minimum atomic E-state index is -0.475. The molecule has 0 fully saturated rings. The summed E-state index contributed by atoms with van der Waals surface area (Å²) in [6, 6.07) is 2.99. The number of nitrogens with zero attached hydrogens (tertiary/aromatic N) is 1. The third-order valence-electron chi connectivity index (χ3n) is 3.23. The number of anilines is 2. The van der Waals surface area contributed by atoms with E-state index in [4.69, 9.17) is 0 Å². The van der Waals surface area contributed by atoms with Crippen LogP contribution in [-0.2, 0) is 11.2 Å². The predicted octanol–water partition coefficient (Wildman–Crippen LogP) is 1.52. The molecule has 0 atom stereocenters. The SMILES string of the molecule is CC(C)(CO)CNc1cc2c(cc1[N+](=O)[O-])CC(=O)N2. The second kappa shape index (κ2) is 5.09. The van der Waals surface area contributed by atoms with E-state index in [9.17, 15) is 20.0 Å². The van der Waals surface area contributed by atoms with Gasteiger partial charge in [0.15, 0.2) is 0 Å². The van der Waals surface area contributed by atoms with E-state index in [1.54, 1.807) is 6.07 Å². The van der Waals surface area contributed by atoms with Crippen LogP contribution in [0.15, 0.2) is 12.1 Å². The van der Waals surface area contributed by atoms with Crippen molar-refractivity contribution in [2.24, 2.45) is 5.41 Å². The normalized spacial score (nSPS) is 13.8. The molecule has 0 aliphatic carbocycles. The molecule has 7 heteroatoms. The number of rotatable bonds is 5. The molecular formula is C13H17N3O4. The van der Waals surface area contributed by atoms with Crippen LogP contribution < -0.4 is 10.6 Å². The van der Waals surface area contributed by atoms with Crippen molar-refractivity contribution >= 4 is 23.0 Å². The van der Waals surface area contributed by atoms with Crippen LogP contribution in [0.3, 0.4) is 0 Å². The zero-order valence-electron chi connectivity index (χ0n) is 11.4. The van der Waals surface area contributed by atoms with Gasteiger partial charge in [0.05, 0.1) is 11.3 Å². The molecule has 0 unspecified atom stereocenters. The van der Waals surface area contributed by atoms with E-state index in [0.29, 0.717) is 23.5 Å². The molecule has 1 aromatic carbocycles. The van der Waals surface area contributed by atoms with Crippen LogP contribution in [0.4, 0.5) is 17.1 Å². The topological polar surface area (TPSA) is 104 Å². The van der Waals surface area contributed by atoms with Crippen LogP contribution in [0.1, 0.15) is 19.4 Å². The summed E-state index contributed by atoms with van der Waals surface area (Å²) in [5.41, 5.74) is 1.13. The van der Waals surface area contributed by atoms with Gasteiger partial charge in [0.1, 0.15) is 5.69 Å². The van der Waals surface area contributed by atoms with Gasteiger partial charge in [0, 0.05) is 30.3 Å². The Labute approximate surface area is 116 Å². The number of hydrogen-bond donors (Lipinski definition) is 3. The van der Waals surface area contributed by atoms with Crippen molar-refractivity contribution in [3.63, 3.8) is 0 Å². The first-order valence-electron chi connectivity index (χ1n) is 6.28. The molecule has 20 heavy (non-hydrogen) atoms. The summed E-state index contributed by atoms with van der Waals surface area (Å²) < 4.78 is 0. The first-order valence-corrected chi connectivity index (χ1v) is 6.28. The van der Waals surface area contributed by atoms with Gasteiger partial charge in [0.25, 0.3) is 5.69 Å². The molecule has 2 rings (SSSR count). The Hall–Kier alpha value is -2.15. The lowest BCUT2D eigenvalue weighted by atomic mass is 9.95. The number of aliphatic hydroxyl groups excluding tert-OH is 1. The van der Waals surface area contributed by atoms with Crippen molar-refractivity contribution in [3.8, 4) is 0 Å². The minimum Gasteiger partial charge on any atom is -0.396 e. The Morgan fingerprint density at radius 2 is 2.20 bits per heavy atom. The van der Waals surface area contributed by atoms with E-state index in [1.165, 1.54) is 6.07 Å². The van der Waals surface area contributed by atoms with E-state index < -0.39 is 10.3 Å². The summed E-state index contributed by atoms with van der Waals surface area (Å²) in [6.07, 6.45) is 0.165. The van der Waals surface area contributed by atoms with Gasteiger partial charge in [-0.05, 0) is 11.6 Å². The van der Waals surface area contributed by atoms with Gasteiger partial charge in [-0.2, -0.15) is 0 Å². The lowest BCUT2D eigenvalue weighted by Crippen LogP contribution is -2.27. The fourth-order valence-electron chi connectivity index (χ4n) is 1.94. The van der Waals surface area contributed by atoms with Crippen LogP contribution in [-0.4, -0.2) is 29.1 Å². The maximum absolute atomic E-state index is 11.3. The van der Waals surface area contributed by atoms with Crippen LogP contribution in [0.25, 0.3) is 0 Å². The van der Waals surface area contributed by atoms with Gasteiger partial charge in [-0.3, -0.25) is 14.9 Å². The molecule has 0 aromatic heterocycles. The molecule has 1 aliphatic heterocycles. The fraction of sp³-hybridized carbons (Fsp3) is 0.462. The summed E-state index contributed by atoms with van der Waals surface area (Å²) in [6.45, 7) is 4.05. The number of hydrogen-bond acceptors (Lipinski definition) is 5. The van der Waals surface area contributed by atoms with Crippen LogP contribution in [0, 0.1) is 15.5 Å². The first kappa shape index (κ1) is 14.3. The molecule has 0 saturated carbocycles. The third-order valence-corrected chi connectivity index (χ3v) is 3.23. The Bertz CT molecular complexity index is 569. The van der Waals surface area contributed by atoms with Crippen molar-refractivity contribution in [2.45, 2.75) is 20.3 Å². The van der Waals surface area contributed by atoms with Crippen molar-refractivity contribution < 1.29 is 14.8 Å². The summed E-state index contributed by atoms with van der Waals surface area (Å²) in [5.74, 6) is -0.165. The molecule has 1 aliphatic rings. The van der Waals surface area contributed by atoms with E-state index >= 15 is 0 Å².